The molecular formula is C25H36N6O3Si. The molecule has 1 amide bonds. The lowest BCUT2D eigenvalue weighted by atomic mass is 10.0. The van der Waals surface area contributed by atoms with Crippen LogP contribution in [0.15, 0.2) is 36.7 Å². The number of carbonyl (C=O) groups is 1. The third-order valence-electron chi connectivity index (χ3n) is 6.98. The second-order valence-corrected chi connectivity index (χ2v) is 15.4. The number of aromatic hydroxyl groups is 1. The quantitative estimate of drug-likeness (QED) is 0.474. The summed E-state index contributed by atoms with van der Waals surface area (Å²) in [6.45, 7) is 15.4. The van der Waals surface area contributed by atoms with Crippen molar-refractivity contribution in [3.05, 3.63) is 42.2 Å². The van der Waals surface area contributed by atoms with Crippen LogP contribution in [0.1, 0.15) is 31.1 Å². The van der Waals surface area contributed by atoms with Gasteiger partial charge in [0.2, 0.25) is 0 Å². The first-order valence-electron chi connectivity index (χ1n) is 12.1. The van der Waals surface area contributed by atoms with Crippen LogP contribution in [0.4, 0.5) is 5.82 Å². The maximum Gasteiger partial charge on any atom is 0.251 e. The van der Waals surface area contributed by atoms with Gasteiger partial charge in [-0.2, -0.15) is 5.10 Å². The van der Waals surface area contributed by atoms with E-state index in [9.17, 15) is 9.90 Å². The summed E-state index contributed by atoms with van der Waals surface area (Å²) in [5.41, 5.74) is 2.49. The summed E-state index contributed by atoms with van der Waals surface area (Å²) in [5.74, 6) is 0.550. The normalized spacial score (nSPS) is 16.0. The Hall–Kier alpha value is -2.95. The fourth-order valence-corrected chi connectivity index (χ4v) is 4.86. The van der Waals surface area contributed by atoms with Gasteiger partial charge in [0.15, 0.2) is 14.0 Å². The summed E-state index contributed by atoms with van der Waals surface area (Å²) in [4.78, 5) is 19.9. The molecule has 0 fully saturated rings. The maximum atomic E-state index is 12.9. The highest BCUT2D eigenvalue weighted by Crippen LogP contribution is 2.36. The second kappa shape index (κ2) is 9.96. The summed E-state index contributed by atoms with van der Waals surface area (Å²) < 4.78 is 8.07. The molecule has 188 valence electrons. The number of phenolic OH excluding ortho intramolecular Hbond substituents is 1. The topological polar surface area (TPSA) is 104 Å². The molecule has 0 atom stereocenters. The van der Waals surface area contributed by atoms with E-state index < -0.39 is 8.32 Å². The van der Waals surface area contributed by atoms with Crippen LogP contribution in [0.2, 0.25) is 18.1 Å². The number of anilines is 1. The molecule has 1 aliphatic heterocycles. The van der Waals surface area contributed by atoms with Gasteiger partial charge in [-0.25, -0.2) is 9.50 Å². The molecule has 1 aliphatic rings. The van der Waals surface area contributed by atoms with Crippen molar-refractivity contribution >= 4 is 25.7 Å². The molecule has 0 aliphatic carbocycles. The van der Waals surface area contributed by atoms with Crippen molar-refractivity contribution in [2.24, 2.45) is 0 Å². The molecule has 2 aromatic heterocycles. The SMILES string of the molecule is CC(C)(C)[Si](C)(C)OCCN1CCNC(=O)c2cc(O)cc(c2)-c2cnn3ccc(nc23)NCC1. The molecule has 1 aromatic carbocycles. The molecule has 4 bridgehead atoms. The summed E-state index contributed by atoms with van der Waals surface area (Å²) in [5, 5.41) is 21.2. The van der Waals surface area contributed by atoms with Gasteiger partial charge < -0.3 is 20.2 Å². The molecule has 0 unspecified atom stereocenters. The van der Waals surface area contributed by atoms with E-state index in [4.69, 9.17) is 9.41 Å². The van der Waals surface area contributed by atoms with Gasteiger partial charge in [-0.15, -0.1) is 0 Å². The predicted octanol–water partition coefficient (Wildman–Crippen LogP) is 3.58. The van der Waals surface area contributed by atoms with E-state index in [-0.39, 0.29) is 16.7 Å². The van der Waals surface area contributed by atoms with E-state index in [1.54, 1.807) is 22.8 Å². The average molecular weight is 497 g/mol. The Labute approximate surface area is 207 Å². The Morgan fingerprint density at radius 3 is 2.57 bits per heavy atom. The van der Waals surface area contributed by atoms with Crippen molar-refractivity contribution in [2.45, 2.75) is 38.9 Å². The third kappa shape index (κ3) is 5.83. The van der Waals surface area contributed by atoms with E-state index in [1.807, 2.05) is 12.3 Å². The number of aromatic nitrogens is 3. The summed E-state index contributed by atoms with van der Waals surface area (Å²) in [6.07, 6.45) is 3.55. The highest BCUT2D eigenvalue weighted by molar-refractivity contribution is 6.74. The molecule has 35 heavy (non-hydrogen) atoms. The van der Waals surface area contributed by atoms with Gasteiger partial charge in [-0.05, 0) is 48.0 Å². The molecule has 4 rings (SSSR count). The zero-order valence-electron chi connectivity index (χ0n) is 21.3. The van der Waals surface area contributed by atoms with Gasteiger partial charge >= 0.3 is 0 Å². The first-order valence-corrected chi connectivity index (χ1v) is 15.0. The molecule has 9 nitrogen and oxygen atoms in total. The Balaban J connectivity index is 1.56. The largest absolute Gasteiger partial charge is 0.508 e. The van der Waals surface area contributed by atoms with Crippen LogP contribution in [0.3, 0.4) is 0 Å². The summed E-state index contributed by atoms with van der Waals surface area (Å²) in [6, 6.07) is 6.76. The van der Waals surface area contributed by atoms with Crippen LogP contribution < -0.4 is 10.6 Å². The van der Waals surface area contributed by atoms with E-state index in [0.717, 1.165) is 24.5 Å². The standard InChI is InChI=1S/C25H36N6O3Si/c1-25(2,3)35(4,5)34-13-12-30-10-7-26-22-6-9-31-23(29-22)21(17-28-31)18-14-19(16-20(32)15-18)24(33)27-8-11-30/h6,9,14-17,32H,7-8,10-13H2,1-5H3,(H,26,29)(H,27,33). The van der Waals surface area contributed by atoms with Crippen molar-refractivity contribution in [2.75, 3.05) is 44.6 Å². The molecule has 3 N–H and O–H groups in total. The molecule has 0 saturated heterocycles. The number of hydrogen-bond acceptors (Lipinski definition) is 7. The fourth-order valence-electron chi connectivity index (χ4n) is 3.82. The predicted molar refractivity (Wildman–Crippen MR) is 140 cm³/mol. The van der Waals surface area contributed by atoms with E-state index >= 15 is 0 Å². The summed E-state index contributed by atoms with van der Waals surface area (Å²) in [7, 11) is -1.82. The number of fused-ring (bicyclic) bond motifs is 4. The van der Waals surface area contributed by atoms with Crippen molar-refractivity contribution in [3.63, 3.8) is 0 Å². The Morgan fingerprint density at radius 2 is 1.83 bits per heavy atom. The number of nitrogens with one attached hydrogen (secondary N) is 2. The smallest absolute Gasteiger partial charge is 0.251 e. The average Bonchev–Trinajstić information content (AvgIpc) is 3.20. The van der Waals surface area contributed by atoms with Crippen LogP contribution >= 0.6 is 0 Å². The Bertz CT molecular complexity index is 1200. The minimum Gasteiger partial charge on any atom is -0.508 e. The van der Waals surface area contributed by atoms with Gasteiger partial charge in [-0.3, -0.25) is 9.69 Å². The van der Waals surface area contributed by atoms with Crippen molar-refractivity contribution < 1.29 is 14.3 Å². The lowest BCUT2D eigenvalue weighted by Gasteiger charge is -2.37. The Kier molecular flexibility index (Phi) is 7.16. The number of nitrogens with zero attached hydrogens (tertiary/aromatic N) is 4. The number of hydrogen-bond donors (Lipinski definition) is 3. The monoisotopic (exact) mass is 496 g/mol. The first kappa shape index (κ1) is 25.1. The number of phenols is 1. The van der Waals surface area contributed by atoms with Crippen molar-refractivity contribution in [3.8, 4) is 16.9 Å². The lowest BCUT2D eigenvalue weighted by molar-refractivity contribution is 0.0947. The molecule has 0 radical (unpaired) electrons. The number of benzene rings is 1. The van der Waals surface area contributed by atoms with Crippen molar-refractivity contribution in [1.82, 2.24) is 24.8 Å². The van der Waals surface area contributed by atoms with Gasteiger partial charge in [0, 0.05) is 56.7 Å². The molecule has 10 heteroatoms. The minimum absolute atomic E-state index is 0.0231. The Morgan fingerprint density at radius 1 is 1.11 bits per heavy atom. The fraction of sp³-hybridized carbons (Fsp3) is 0.480. The summed E-state index contributed by atoms with van der Waals surface area (Å²) >= 11 is 0. The van der Waals surface area contributed by atoms with Gasteiger partial charge in [0.1, 0.15) is 11.6 Å². The molecule has 3 aromatic rings. The number of rotatable bonds is 4. The molecule has 0 spiro atoms. The second-order valence-electron chi connectivity index (χ2n) is 10.5. The van der Waals surface area contributed by atoms with Crippen LogP contribution in [-0.2, 0) is 4.43 Å². The van der Waals surface area contributed by atoms with Gasteiger partial charge in [0.05, 0.1) is 6.20 Å². The maximum absolute atomic E-state index is 12.9. The van der Waals surface area contributed by atoms with Crippen LogP contribution in [0.25, 0.3) is 16.8 Å². The third-order valence-corrected chi connectivity index (χ3v) is 11.5. The highest BCUT2D eigenvalue weighted by atomic mass is 28.4. The zero-order valence-corrected chi connectivity index (χ0v) is 22.3. The minimum atomic E-state index is -1.82. The van der Waals surface area contributed by atoms with E-state index in [2.05, 4.69) is 54.5 Å². The van der Waals surface area contributed by atoms with Crippen LogP contribution in [0, 0.1) is 0 Å². The van der Waals surface area contributed by atoms with E-state index in [0.29, 0.717) is 43.0 Å². The molecule has 3 heterocycles. The zero-order chi connectivity index (χ0) is 25.2. The number of carbonyl (C=O) groups excluding carboxylic acids is 1. The molecular weight excluding hydrogens is 460 g/mol. The van der Waals surface area contributed by atoms with Gasteiger partial charge in [0.25, 0.3) is 5.91 Å². The van der Waals surface area contributed by atoms with Crippen LogP contribution in [-0.4, -0.2) is 78.2 Å². The lowest BCUT2D eigenvalue weighted by Crippen LogP contribution is -2.44. The first-order chi connectivity index (χ1) is 16.5. The number of amides is 1. The van der Waals surface area contributed by atoms with E-state index in [1.165, 1.54) is 6.07 Å². The van der Waals surface area contributed by atoms with Crippen LogP contribution in [0.5, 0.6) is 5.75 Å². The molecule has 0 saturated carbocycles. The van der Waals surface area contributed by atoms with Gasteiger partial charge in [-0.1, -0.05) is 20.8 Å². The van der Waals surface area contributed by atoms with Crippen molar-refractivity contribution in [1.29, 1.82) is 0 Å². The highest BCUT2D eigenvalue weighted by Gasteiger charge is 2.37.